The monoisotopic (exact) mass is 938 g/mol. The van der Waals surface area contributed by atoms with E-state index >= 15 is 0 Å². The molecule has 0 fully saturated rings. The number of anilines is 3. The molecule has 1 heterocycles. The normalized spacial score (nSPS) is 12.8. The first-order valence-electron chi connectivity index (χ1n) is 25.5. The number of fused-ring (bicyclic) bond motifs is 7. The van der Waals surface area contributed by atoms with Gasteiger partial charge in [-0.1, -0.05) is 214 Å². The summed E-state index contributed by atoms with van der Waals surface area (Å²) in [6.07, 6.45) is 2.03. The molecule has 1 aliphatic carbocycles. The first kappa shape index (κ1) is 43.5. The number of rotatable bonds is 11. The van der Waals surface area contributed by atoms with Gasteiger partial charge in [-0.2, -0.15) is 0 Å². The van der Waals surface area contributed by atoms with Crippen LogP contribution in [0.3, 0.4) is 0 Å². The van der Waals surface area contributed by atoms with Crippen LogP contribution in [0.15, 0.2) is 267 Å². The molecule has 1 aromatic heterocycles. The lowest BCUT2D eigenvalue weighted by molar-refractivity contribution is 0.491. The fraction of sp³-hybridized carbons (Fsp3) is 0.0725. The van der Waals surface area contributed by atoms with Gasteiger partial charge in [0.25, 0.3) is 0 Å². The molecule has 12 aromatic rings. The van der Waals surface area contributed by atoms with Gasteiger partial charge in [-0.15, -0.1) is 0 Å². The zero-order valence-electron chi connectivity index (χ0n) is 40.7. The van der Waals surface area contributed by atoms with Gasteiger partial charge in [0, 0.05) is 38.6 Å². The molecule has 0 N–H and O–H groups in total. The van der Waals surface area contributed by atoms with Crippen LogP contribution in [0.2, 0.25) is 0 Å². The molecular formula is C69H54N2Si. The van der Waals surface area contributed by atoms with E-state index in [2.05, 4.69) is 290 Å². The van der Waals surface area contributed by atoms with Crippen molar-refractivity contribution in [2.24, 2.45) is 0 Å². The summed E-state index contributed by atoms with van der Waals surface area (Å²) in [6, 6.07) is 99.9. The predicted octanol–water partition coefficient (Wildman–Crippen LogP) is 15.5. The standard InChI is InChI=1S/C69H54N2Si/c1-3-69(4-2)64-47-51(36-43-60(64)61-44-42-58(48-65(61)69)72(55-26-11-6-12-27-55,56-28-13-7-14-29-56)57-30-15-8-16-31-57)50-37-45-68-63(46-50)62-33-19-20-34-67(62)71(68)54-40-38-53(39-41-54)70(52-24-9-5-10-25-52)66-35-21-23-49-22-17-18-32-59(49)66/h5-48H,3-4H2,1-2H3. The molecule has 72 heavy (non-hydrogen) atoms. The lowest BCUT2D eigenvalue weighted by atomic mass is 9.73. The van der Waals surface area contributed by atoms with Crippen molar-refractivity contribution in [3.05, 3.63) is 278 Å². The Balaban J connectivity index is 0.906. The first-order chi connectivity index (χ1) is 35.6. The maximum absolute atomic E-state index is 2.72. The highest BCUT2D eigenvalue weighted by molar-refractivity contribution is 7.19. The molecule has 0 saturated heterocycles. The summed E-state index contributed by atoms with van der Waals surface area (Å²) < 4.78 is 2.43. The molecule has 3 heteroatoms. The van der Waals surface area contributed by atoms with Crippen molar-refractivity contribution in [3.8, 4) is 27.9 Å². The van der Waals surface area contributed by atoms with Gasteiger partial charge in [-0.3, -0.25) is 0 Å². The van der Waals surface area contributed by atoms with Gasteiger partial charge < -0.3 is 9.47 Å². The molecule has 1 aliphatic rings. The van der Waals surface area contributed by atoms with E-state index < -0.39 is 8.07 Å². The van der Waals surface area contributed by atoms with E-state index in [1.807, 2.05) is 0 Å². The molecule has 0 atom stereocenters. The molecule has 2 nitrogen and oxygen atoms in total. The summed E-state index contributed by atoms with van der Waals surface area (Å²) in [5, 5.41) is 10.6. The van der Waals surface area contributed by atoms with Crippen LogP contribution >= 0.6 is 0 Å². The molecule has 0 bridgehead atoms. The fourth-order valence-electron chi connectivity index (χ4n) is 12.6. The van der Waals surface area contributed by atoms with E-state index in [0.29, 0.717) is 0 Å². The maximum atomic E-state index is 2.64. The average Bonchev–Trinajstić information content (AvgIpc) is 3.94. The molecule has 0 amide bonds. The second kappa shape index (κ2) is 17.7. The Labute approximate surface area is 423 Å². The minimum absolute atomic E-state index is 0.128. The predicted molar refractivity (Wildman–Crippen MR) is 309 cm³/mol. The maximum Gasteiger partial charge on any atom is 0.179 e. The van der Waals surface area contributed by atoms with Crippen molar-refractivity contribution in [2.75, 3.05) is 4.90 Å². The van der Waals surface area contributed by atoms with Crippen LogP contribution in [-0.4, -0.2) is 12.6 Å². The van der Waals surface area contributed by atoms with Crippen LogP contribution in [-0.2, 0) is 5.41 Å². The Kier molecular flexibility index (Phi) is 10.7. The van der Waals surface area contributed by atoms with Gasteiger partial charge >= 0.3 is 0 Å². The summed E-state index contributed by atoms with van der Waals surface area (Å²) in [6.45, 7) is 4.79. The number of nitrogens with zero attached hydrogens (tertiary/aromatic N) is 2. The van der Waals surface area contributed by atoms with Gasteiger partial charge in [0.2, 0.25) is 0 Å². The minimum Gasteiger partial charge on any atom is -0.310 e. The Morgan fingerprint density at radius 2 is 0.875 bits per heavy atom. The van der Waals surface area contributed by atoms with Crippen molar-refractivity contribution in [2.45, 2.75) is 32.1 Å². The second-order valence-electron chi connectivity index (χ2n) is 19.4. The van der Waals surface area contributed by atoms with E-state index in [-0.39, 0.29) is 5.41 Å². The van der Waals surface area contributed by atoms with Crippen molar-refractivity contribution in [1.29, 1.82) is 0 Å². The zero-order chi connectivity index (χ0) is 48.2. The molecular weight excluding hydrogens is 885 g/mol. The van der Waals surface area contributed by atoms with Crippen molar-refractivity contribution < 1.29 is 0 Å². The van der Waals surface area contributed by atoms with Crippen molar-refractivity contribution >= 4 is 78.5 Å². The smallest absolute Gasteiger partial charge is 0.179 e. The summed E-state index contributed by atoms with van der Waals surface area (Å²) in [5.41, 5.74) is 14.9. The largest absolute Gasteiger partial charge is 0.310 e. The summed E-state index contributed by atoms with van der Waals surface area (Å²) in [4.78, 5) is 2.37. The molecule has 0 spiro atoms. The highest BCUT2D eigenvalue weighted by atomic mass is 28.3. The fourth-order valence-corrected chi connectivity index (χ4v) is 17.3. The molecule has 0 aliphatic heterocycles. The molecule has 0 unspecified atom stereocenters. The topological polar surface area (TPSA) is 8.17 Å². The Hall–Kier alpha value is -8.50. The third kappa shape index (κ3) is 6.76. The van der Waals surface area contributed by atoms with Gasteiger partial charge in [0.15, 0.2) is 8.07 Å². The van der Waals surface area contributed by atoms with Crippen LogP contribution in [0.5, 0.6) is 0 Å². The van der Waals surface area contributed by atoms with Gasteiger partial charge in [-0.05, 0) is 139 Å². The third-order valence-electron chi connectivity index (χ3n) is 16.0. The van der Waals surface area contributed by atoms with E-state index in [9.17, 15) is 0 Å². The Morgan fingerprint density at radius 3 is 1.53 bits per heavy atom. The van der Waals surface area contributed by atoms with Gasteiger partial charge in [-0.25, -0.2) is 0 Å². The molecule has 0 radical (unpaired) electrons. The molecule has 13 rings (SSSR count). The highest BCUT2D eigenvalue weighted by Crippen LogP contribution is 2.53. The Bertz CT molecular complexity index is 3830. The zero-order valence-corrected chi connectivity index (χ0v) is 41.7. The third-order valence-corrected chi connectivity index (χ3v) is 20.8. The summed E-state index contributed by atoms with van der Waals surface area (Å²) in [7, 11) is -2.72. The SMILES string of the molecule is CCC1(CC)c2cc(-c3ccc4c(c3)c3ccccc3n4-c3ccc(N(c4ccccc4)c4cccc5ccccc45)cc3)ccc2-c2ccc([Si](c3ccccc3)(c3ccccc3)c3ccccc3)cc21. The molecule has 0 saturated carbocycles. The number of para-hydroxylation sites is 2. The number of hydrogen-bond acceptors (Lipinski definition) is 1. The number of benzene rings is 11. The van der Waals surface area contributed by atoms with E-state index in [0.717, 1.165) is 35.6 Å². The molecule has 11 aromatic carbocycles. The van der Waals surface area contributed by atoms with E-state index in [4.69, 9.17) is 0 Å². The number of hydrogen-bond donors (Lipinski definition) is 0. The van der Waals surface area contributed by atoms with E-state index in [1.54, 1.807) is 0 Å². The average molecular weight is 939 g/mol. The second-order valence-corrected chi connectivity index (χ2v) is 23.2. The van der Waals surface area contributed by atoms with Crippen molar-refractivity contribution in [3.63, 3.8) is 0 Å². The Morgan fingerprint density at radius 1 is 0.375 bits per heavy atom. The first-order valence-corrected chi connectivity index (χ1v) is 27.5. The van der Waals surface area contributed by atoms with Crippen LogP contribution < -0.4 is 25.6 Å². The minimum atomic E-state index is -2.72. The lowest BCUT2D eigenvalue weighted by Crippen LogP contribution is -2.74. The molecule has 344 valence electrons. The van der Waals surface area contributed by atoms with E-state index in [1.165, 1.54) is 86.7 Å². The quantitative estimate of drug-likeness (QED) is 0.0927. The lowest BCUT2D eigenvalue weighted by Gasteiger charge is -2.36. The van der Waals surface area contributed by atoms with Crippen LogP contribution in [0.4, 0.5) is 17.1 Å². The van der Waals surface area contributed by atoms with Gasteiger partial charge in [0.05, 0.1) is 16.7 Å². The van der Waals surface area contributed by atoms with Gasteiger partial charge in [0.1, 0.15) is 0 Å². The van der Waals surface area contributed by atoms with Crippen LogP contribution in [0.25, 0.3) is 60.5 Å². The summed E-state index contributed by atoms with van der Waals surface area (Å²) >= 11 is 0. The number of aromatic nitrogens is 1. The summed E-state index contributed by atoms with van der Waals surface area (Å²) in [5.74, 6) is 0. The van der Waals surface area contributed by atoms with Crippen LogP contribution in [0, 0.1) is 0 Å². The van der Waals surface area contributed by atoms with Crippen molar-refractivity contribution in [1.82, 2.24) is 4.57 Å². The highest BCUT2D eigenvalue weighted by Gasteiger charge is 2.45. The van der Waals surface area contributed by atoms with Crippen LogP contribution in [0.1, 0.15) is 37.8 Å².